The van der Waals surface area contributed by atoms with Gasteiger partial charge in [-0.1, -0.05) is 0 Å². The number of nitrogens with zero attached hydrogens (tertiary/aromatic N) is 1. The summed E-state index contributed by atoms with van der Waals surface area (Å²) < 4.78 is 32.8. The van der Waals surface area contributed by atoms with Crippen molar-refractivity contribution in [1.29, 1.82) is 5.26 Å². The van der Waals surface area contributed by atoms with E-state index in [0.29, 0.717) is 17.9 Å². The van der Waals surface area contributed by atoms with Crippen molar-refractivity contribution >= 4 is 27.5 Å². The number of carbonyl (C=O) groups excluding carboxylic acids is 2. The van der Waals surface area contributed by atoms with Crippen molar-refractivity contribution in [3.8, 4) is 11.8 Å². The molecule has 2 amide bonds. The lowest BCUT2D eigenvalue weighted by molar-refractivity contribution is 0.0846. The molecule has 0 heterocycles. The van der Waals surface area contributed by atoms with E-state index in [1.54, 1.807) is 12.1 Å². The molecule has 0 saturated heterocycles. The van der Waals surface area contributed by atoms with E-state index < -0.39 is 21.8 Å². The first-order valence-electron chi connectivity index (χ1n) is 9.79. The third kappa shape index (κ3) is 6.09. The van der Waals surface area contributed by atoms with Gasteiger partial charge in [0.1, 0.15) is 5.75 Å². The Morgan fingerprint density at radius 2 is 1.36 bits per heavy atom. The number of nitrogens with one attached hydrogen (secondary N) is 3. The van der Waals surface area contributed by atoms with Crippen LogP contribution in [-0.2, 0) is 10.0 Å². The van der Waals surface area contributed by atoms with Crippen LogP contribution in [0.5, 0.6) is 5.75 Å². The van der Waals surface area contributed by atoms with Gasteiger partial charge in [-0.05, 0) is 79.7 Å². The predicted molar refractivity (Wildman–Crippen MR) is 121 cm³/mol. The highest BCUT2D eigenvalue weighted by molar-refractivity contribution is 7.92. The maximum Gasteiger partial charge on any atom is 0.269 e. The van der Waals surface area contributed by atoms with Gasteiger partial charge in [0.15, 0.2) is 0 Å². The summed E-state index contributed by atoms with van der Waals surface area (Å²) >= 11 is 0. The first kappa shape index (κ1) is 23.3. The van der Waals surface area contributed by atoms with Gasteiger partial charge in [-0.3, -0.25) is 25.2 Å². The Balaban J connectivity index is 1.59. The zero-order chi connectivity index (χ0) is 23.8. The van der Waals surface area contributed by atoms with Crippen LogP contribution in [0.3, 0.4) is 0 Å². The number of carbonyl (C=O) groups is 2. The molecule has 0 fully saturated rings. The molecule has 9 nitrogen and oxygen atoms in total. The van der Waals surface area contributed by atoms with Crippen LogP contribution in [0.25, 0.3) is 0 Å². The number of hydrogen-bond acceptors (Lipinski definition) is 6. The standard InChI is InChI=1S/C23H20N4O5S/c1-2-32-20-11-13-21(14-12-20)33(30,31)27-19-9-7-18(8-10-19)23(29)26-25-22(28)17-5-3-16(15-24)4-6-17/h3-14,27H,2H2,1H3,(H,25,28)(H,26,29). The van der Waals surface area contributed by atoms with E-state index in [4.69, 9.17) is 10.00 Å². The van der Waals surface area contributed by atoms with E-state index in [9.17, 15) is 18.0 Å². The van der Waals surface area contributed by atoms with Crippen molar-refractivity contribution in [2.45, 2.75) is 11.8 Å². The number of amides is 2. The van der Waals surface area contributed by atoms with Crippen LogP contribution in [0, 0.1) is 11.3 Å². The molecule has 3 aromatic rings. The smallest absolute Gasteiger partial charge is 0.269 e. The molecule has 0 radical (unpaired) electrons. The monoisotopic (exact) mass is 464 g/mol. The molecule has 3 N–H and O–H groups in total. The molecule has 0 aliphatic heterocycles. The molecule has 168 valence electrons. The van der Waals surface area contributed by atoms with Gasteiger partial charge < -0.3 is 4.74 Å². The minimum Gasteiger partial charge on any atom is -0.494 e. The van der Waals surface area contributed by atoms with Gasteiger partial charge in [0, 0.05) is 16.8 Å². The van der Waals surface area contributed by atoms with Crippen molar-refractivity contribution in [3.63, 3.8) is 0 Å². The SMILES string of the molecule is CCOc1ccc(S(=O)(=O)Nc2ccc(C(=O)NNC(=O)c3ccc(C#N)cc3)cc2)cc1. The first-order valence-corrected chi connectivity index (χ1v) is 11.3. The van der Waals surface area contributed by atoms with Crippen molar-refractivity contribution in [1.82, 2.24) is 10.9 Å². The maximum absolute atomic E-state index is 12.5. The second-order valence-corrected chi connectivity index (χ2v) is 8.37. The van der Waals surface area contributed by atoms with Gasteiger partial charge in [-0.15, -0.1) is 0 Å². The van der Waals surface area contributed by atoms with E-state index in [1.807, 2.05) is 13.0 Å². The molecule has 0 aromatic heterocycles. The van der Waals surface area contributed by atoms with Crippen LogP contribution in [0.1, 0.15) is 33.2 Å². The third-order valence-corrected chi connectivity index (χ3v) is 5.81. The predicted octanol–water partition coefficient (Wildman–Crippen LogP) is 2.83. The van der Waals surface area contributed by atoms with Crippen molar-refractivity contribution in [3.05, 3.63) is 89.5 Å². The molecule has 0 aliphatic carbocycles. The quantitative estimate of drug-likeness (QED) is 0.460. The normalized spacial score (nSPS) is 10.5. The second-order valence-electron chi connectivity index (χ2n) is 6.68. The Kier molecular flexibility index (Phi) is 7.27. The van der Waals surface area contributed by atoms with Crippen LogP contribution < -0.4 is 20.3 Å². The lowest BCUT2D eigenvalue weighted by Gasteiger charge is -2.10. The van der Waals surface area contributed by atoms with Crippen LogP contribution in [0.2, 0.25) is 0 Å². The zero-order valence-corrected chi connectivity index (χ0v) is 18.3. The highest BCUT2D eigenvalue weighted by Gasteiger charge is 2.15. The maximum atomic E-state index is 12.5. The summed E-state index contributed by atoms with van der Waals surface area (Å²) in [6, 6.07) is 19.6. The topological polar surface area (TPSA) is 137 Å². The number of anilines is 1. The van der Waals surface area contributed by atoms with Gasteiger partial charge in [-0.2, -0.15) is 5.26 Å². The Labute approximate surface area is 191 Å². The number of rotatable bonds is 7. The number of hydrazine groups is 1. The molecular formula is C23H20N4O5S. The molecule has 0 aliphatic rings. The average molecular weight is 465 g/mol. The average Bonchev–Trinajstić information content (AvgIpc) is 2.83. The minimum atomic E-state index is -3.82. The molecular weight excluding hydrogens is 444 g/mol. The largest absolute Gasteiger partial charge is 0.494 e. The molecule has 0 spiro atoms. The van der Waals surface area contributed by atoms with E-state index in [2.05, 4.69) is 15.6 Å². The minimum absolute atomic E-state index is 0.0679. The summed E-state index contributed by atoms with van der Waals surface area (Å²) in [7, 11) is -3.82. The third-order valence-electron chi connectivity index (χ3n) is 4.41. The van der Waals surface area contributed by atoms with Crippen LogP contribution in [0.15, 0.2) is 77.7 Å². The fourth-order valence-corrected chi connectivity index (χ4v) is 3.80. The zero-order valence-electron chi connectivity index (χ0n) is 17.5. The van der Waals surface area contributed by atoms with Crippen LogP contribution in [-0.4, -0.2) is 26.8 Å². The van der Waals surface area contributed by atoms with Crippen LogP contribution in [0.4, 0.5) is 5.69 Å². The fourth-order valence-electron chi connectivity index (χ4n) is 2.74. The van der Waals surface area contributed by atoms with Crippen molar-refractivity contribution in [2.24, 2.45) is 0 Å². The lowest BCUT2D eigenvalue weighted by atomic mass is 10.1. The fraction of sp³-hybridized carbons (Fsp3) is 0.0870. The Morgan fingerprint density at radius 1 is 0.848 bits per heavy atom. The Hall–Kier alpha value is -4.36. The molecule has 10 heteroatoms. The van der Waals surface area contributed by atoms with Gasteiger partial charge in [0.25, 0.3) is 21.8 Å². The lowest BCUT2D eigenvalue weighted by Crippen LogP contribution is -2.41. The van der Waals surface area contributed by atoms with Gasteiger partial charge >= 0.3 is 0 Å². The molecule has 33 heavy (non-hydrogen) atoms. The molecule has 0 unspecified atom stereocenters. The molecule has 0 atom stereocenters. The van der Waals surface area contributed by atoms with Gasteiger partial charge in [0.05, 0.1) is 23.1 Å². The number of ether oxygens (including phenoxy) is 1. The highest BCUT2D eigenvalue weighted by atomic mass is 32.2. The summed E-state index contributed by atoms with van der Waals surface area (Å²) in [5, 5.41) is 8.79. The Morgan fingerprint density at radius 3 is 1.85 bits per heavy atom. The van der Waals surface area contributed by atoms with E-state index in [-0.39, 0.29) is 21.7 Å². The molecule has 3 rings (SSSR count). The summed E-state index contributed by atoms with van der Waals surface area (Å²) in [4.78, 5) is 24.4. The highest BCUT2D eigenvalue weighted by Crippen LogP contribution is 2.19. The summed E-state index contributed by atoms with van der Waals surface area (Å²) in [6.45, 7) is 2.31. The van der Waals surface area contributed by atoms with Gasteiger partial charge in [0.2, 0.25) is 0 Å². The number of hydrogen-bond donors (Lipinski definition) is 3. The van der Waals surface area contributed by atoms with E-state index in [0.717, 1.165) is 0 Å². The number of benzene rings is 3. The summed E-state index contributed by atoms with van der Waals surface area (Å²) in [6.07, 6.45) is 0. The van der Waals surface area contributed by atoms with Gasteiger partial charge in [-0.25, -0.2) is 8.42 Å². The van der Waals surface area contributed by atoms with Crippen LogP contribution >= 0.6 is 0 Å². The first-order chi connectivity index (χ1) is 15.8. The summed E-state index contributed by atoms with van der Waals surface area (Å²) in [5.41, 5.74) is 5.72. The molecule has 0 bridgehead atoms. The van der Waals surface area contributed by atoms with Crippen molar-refractivity contribution in [2.75, 3.05) is 11.3 Å². The Bertz CT molecular complexity index is 1280. The summed E-state index contributed by atoms with van der Waals surface area (Å²) in [5.74, 6) is -0.566. The number of sulfonamides is 1. The molecule has 3 aromatic carbocycles. The number of nitriles is 1. The van der Waals surface area contributed by atoms with Crippen molar-refractivity contribution < 1.29 is 22.7 Å². The molecule has 0 saturated carbocycles. The van der Waals surface area contributed by atoms with E-state index in [1.165, 1.54) is 60.7 Å². The second kappa shape index (κ2) is 10.3. The van der Waals surface area contributed by atoms with E-state index >= 15 is 0 Å².